The molecule has 0 atom stereocenters. The molecule has 0 aliphatic heterocycles. The summed E-state index contributed by atoms with van der Waals surface area (Å²) in [5, 5.41) is 1.77. The van der Waals surface area contributed by atoms with E-state index in [0.717, 1.165) is 16.1 Å². The summed E-state index contributed by atoms with van der Waals surface area (Å²) < 4.78 is 0. The van der Waals surface area contributed by atoms with Gasteiger partial charge in [-0.05, 0) is 19.1 Å². The number of anilines is 1. The van der Waals surface area contributed by atoms with Crippen molar-refractivity contribution in [1.29, 1.82) is 0 Å². The van der Waals surface area contributed by atoms with Crippen molar-refractivity contribution in [1.82, 2.24) is 4.98 Å². The quantitative estimate of drug-likeness (QED) is 0.840. The Balaban J connectivity index is 2.68. The van der Waals surface area contributed by atoms with Crippen LogP contribution in [-0.4, -0.2) is 4.98 Å². The predicted octanol–water partition coefficient (Wildman–Crippen LogP) is 4.01. The van der Waals surface area contributed by atoms with Crippen LogP contribution < -0.4 is 5.73 Å². The molecule has 0 bridgehead atoms. The SMILES string of the molecule is Cc1nc(N)sc1-c1c(Cl)cccc1Cl. The van der Waals surface area contributed by atoms with Gasteiger partial charge in [-0.25, -0.2) is 4.98 Å². The molecule has 0 aliphatic rings. The summed E-state index contributed by atoms with van der Waals surface area (Å²) in [6.45, 7) is 1.89. The van der Waals surface area contributed by atoms with E-state index in [0.29, 0.717) is 15.2 Å². The third-order valence-corrected chi connectivity index (χ3v) is 3.64. The molecule has 1 aromatic carbocycles. The number of halogens is 2. The molecule has 1 heterocycles. The molecular weight excluding hydrogens is 251 g/mol. The zero-order valence-electron chi connectivity index (χ0n) is 7.92. The van der Waals surface area contributed by atoms with Crippen LogP contribution in [0.3, 0.4) is 0 Å². The van der Waals surface area contributed by atoms with Crippen LogP contribution in [0.2, 0.25) is 10.0 Å². The summed E-state index contributed by atoms with van der Waals surface area (Å²) in [6.07, 6.45) is 0. The van der Waals surface area contributed by atoms with Gasteiger partial charge in [0.1, 0.15) is 0 Å². The molecule has 2 aromatic rings. The molecule has 78 valence electrons. The molecule has 2 rings (SSSR count). The van der Waals surface area contributed by atoms with Crippen molar-refractivity contribution in [2.75, 3.05) is 5.73 Å². The van der Waals surface area contributed by atoms with Gasteiger partial charge in [-0.15, -0.1) is 0 Å². The lowest BCUT2D eigenvalue weighted by molar-refractivity contribution is 1.27. The molecule has 0 aliphatic carbocycles. The summed E-state index contributed by atoms with van der Waals surface area (Å²) in [7, 11) is 0. The summed E-state index contributed by atoms with van der Waals surface area (Å²) in [5.41, 5.74) is 7.30. The molecule has 0 fully saturated rings. The van der Waals surface area contributed by atoms with E-state index in [2.05, 4.69) is 4.98 Å². The van der Waals surface area contributed by atoms with Crippen molar-refractivity contribution in [2.45, 2.75) is 6.92 Å². The van der Waals surface area contributed by atoms with E-state index in [1.54, 1.807) is 12.1 Å². The minimum atomic E-state index is 0.526. The number of hydrogen-bond acceptors (Lipinski definition) is 3. The summed E-state index contributed by atoms with van der Waals surface area (Å²) in [6, 6.07) is 5.42. The van der Waals surface area contributed by atoms with Gasteiger partial charge in [-0.1, -0.05) is 40.6 Å². The van der Waals surface area contributed by atoms with E-state index in [4.69, 9.17) is 28.9 Å². The molecule has 2 nitrogen and oxygen atoms in total. The van der Waals surface area contributed by atoms with Crippen LogP contribution in [0.15, 0.2) is 18.2 Å². The molecule has 15 heavy (non-hydrogen) atoms. The van der Waals surface area contributed by atoms with Crippen molar-refractivity contribution in [3.8, 4) is 10.4 Å². The Kier molecular flexibility index (Phi) is 2.87. The van der Waals surface area contributed by atoms with Crippen LogP contribution in [0.1, 0.15) is 5.69 Å². The number of rotatable bonds is 1. The normalized spacial score (nSPS) is 10.6. The number of nitrogens with zero attached hydrogens (tertiary/aromatic N) is 1. The molecule has 0 amide bonds. The maximum absolute atomic E-state index is 6.10. The molecule has 0 radical (unpaired) electrons. The van der Waals surface area contributed by atoms with E-state index in [1.165, 1.54) is 11.3 Å². The van der Waals surface area contributed by atoms with Crippen molar-refractivity contribution in [2.24, 2.45) is 0 Å². The van der Waals surface area contributed by atoms with Gasteiger partial charge < -0.3 is 5.73 Å². The van der Waals surface area contributed by atoms with Crippen molar-refractivity contribution >= 4 is 39.7 Å². The summed E-state index contributed by atoms with van der Waals surface area (Å²) in [4.78, 5) is 5.08. The van der Waals surface area contributed by atoms with Gasteiger partial charge in [0.25, 0.3) is 0 Å². The van der Waals surface area contributed by atoms with E-state index < -0.39 is 0 Å². The molecular formula is C10H8Cl2N2S. The fraction of sp³-hybridized carbons (Fsp3) is 0.100. The first-order valence-electron chi connectivity index (χ1n) is 4.27. The zero-order valence-corrected chi connectivity index (χ0v) is 10.2. The van der Waals surface area contributed by atoms with Crippen LogP contribution in [-0.2, 0) is 0 Å². The molecule has 0 saturated heterocycles. The Morgan fingerprint density at radius 3 is 2.33 bits per heavy atom. The van der Waals surface area contributed by atoms with Gasteiger partial charge in [0.2, 0.25) is 0 Å². The minimum absolute atomic E-state index is 0.526. The Labute approximate surface area is 102 Å². The first-order valence-corrected chi connectivity index (χ1v) is 5.84. The molecule has 0 saturated carbocycles. The molecule has 2 N–H and O–H groups in total. The van der Waals surface area contributed by atoms with Gasteiger partial charge in [-0.2, -0.15) is 0 Å². The van der Waals surface area contributed by atoms with Gasteiger partial charge in [0.15, 0.2) is 5.13 Å². The van der Waals surface area contributed by atoms with Crippen molar-refractivity contribution < 1.29 is 0 Å². The highest BCUT2D eigenvalue weighted by molar-refractivity contribution is 7.19. The number of thiazole rings is 1. The smallest absolute Gasteiger partial charge is 0.180 e. The Hall–Kier alpha value is -0.770. The average Bonchev–Trinajstić information content (AvgIpc) is 2.45. The fourth-order valence-electron chi connectivity index (χ4n) is 1.36. The summed E-state index contributed by atoms with van der Waals surface area (Å²) >= 11 is 13.6. The van der Waals surface area contributed by atoms with Gasteiger partial charge in [0, 0.05) is 5.56 Å². The van der Waals surface area contributed by atoms with E-state index in [1.807, 2.05) is 13.0 Å². The number of benzene rings is 1. The number of aryl methyl sites for hydroxylation is 1. The van der Waals surface area contributed by atoms with Crippen LogP contribution in [0, 0.1) is 6.92 Å². The van der Waals surface area contributed by atoms with Crippen LogP contribution >= 0.6 is 34.5 Å². The molecule has 5 heteroatoms. The molecule has 1 aromatic heterocycles. The number of aromatic nitrogens is 1. The fourth-order valence-corrected chi connectivity index (χ4v) is 2.97. The van der Waals surface area contributed by atoms with E-state index in [9.17, 15) is 0 Å². The highest BCUT2D eigenvalue weighted by Gasteiger charge is 2.14. The van der Waals surface area contributed by atoms with Gasteiger partial charge in [0.05, 0.1) is 20.6 Å². The van der Waals surface area contributed by atoms with Crippen molar-refractivity contribution in [3.63, 3.8) is 0 Å². The van der Waals surface area contributed by atoms with E-state index >= 15 is 0 Å². The van der Waals surface area contributed by atoms with Crippen LogP contribution in [0.25, 0.3) is 10.4 Å². The second-order valence-electron chi connectivity index (χ2n) is 3.06. The Morgan fingerprint density at radius 2 is 1.87 bits per heavy atom. The number of nitrogens with two attached hydrogens (primary N) is 1. The standard InChI is InChI=1S/C10H8Cl2N2S/c1-5-9(15-10(13)14-5)8-6(11)3-2-4-7(8)12/h2-4H,1H3,(H2,13,14). The molecule has 0 unspecified atom stereocenters. The lowest BCUT2D eigenvalue weighted by Gasteiger charge is -2.04. The number of nitrogen functional groups attached to an aromatic ring is 1. The topological polar surface area (TPSA) is 38.9 Å². The maximum atomic E-state index is 6.10. The highest BCUT2D eigenvalue weighted by Crippen LogP contribution is 2.40. The lowest BCUT2D eigenvalue weighted by atomic mass is 10.1. The van der Waals surface area contributed by atoms with Crippen LogP contribution in [0.5, 0.6) is 0 Å². The third-order valence-electron chi connectivity index (χ3n) is 2.00. The number of hydrogen-bond donors (Lipinski definition) is 1. The first kappa shape index (κ1) is 10.7. The van der Waals surface area contributed by atoms with Gasteiger partial charge in [-0.3, -0.25) is 0 Å². The predicted molar refractivity (Wildman–Crippen MR) is 66.7 cm³/mol. The van der Waals surface area contributed by atoms with E-state index in [-0.39, 0.29) is 0 Å². The first-order chi connectivity index (χ1) is 7.09. The monoisotopic (exact) mass is 258 g/mol. The largest absolute Gasteiger partial charge is 0.375 e. The lowest BCUT2D eigenvalue weighted by Crippen LogP contribution is -1.82. The third kappa shape index (κ3) is 1.95. The minimum Gasteiger partial charge on any atom is -0.375 e. The second kappa shape index (κ2) is 4.00. The average molecular weight is 259 g/mol. The Bertz CT molecular complexity index is 488. The summed E-state index contributed by atoms with van der Waals surface area (Å²) in [5.74, 6) is 0. The maximum Gasteiger partial charge on any atom is 0.180 e. The zero-order chi connectivity index (χ0) is 11.0. The van der Waals surface area contributed by atoms with Crippen molar-refractivity contribution in [3.05, 3.63) is 33.9 Å². The van der Waals surface area contributed by atoms with Crippen LogP contribution in [0.4, 0.5) is 5.13 Å². The Morgan fingerprint density at radius 1 is 1.27 bits per heavy atom. The van der Waals surface area contributed by atoms with Gasteiger partial charge >= 0.3 is 0 Å². The molecule has 0 spiro atoms. The highest BCUT2D eigenvalue weighted by atomic mass is 35.5. The second-order valence-corrected chi connectivity index (χ2v) is 4.91.